The van der Waals surface area contributed by atoms with Crippen molar-refractivity contribution in [2.75, 3.05) is 26.0 Å². The highest BCUT2D eigenvalue weighted by molar-refractivity contribution is 7.98. The monoisotopic (exact) mass is 279 g/mol. The number of likely N-dealkylation sites (tertiary alicyclic amines) is 1. The van der Waals surface area contributed by atoms with E-state index < -0.39 is 0 Å². The third-order valence-electron chi connectivity index (χ3n) is 3.68. The second kappa shape index (κ2) is 6.96. The van der Waals surface area contributed by atoms with E-state index in [9.17, 15) is 4.79 Å². The lowest BCUT2D eigenvalue weighted by Crippen LogP contribution is -2.40. The molecule has 1 N–H and O–H groups in total. The van der Waals surface area contributed by atoms with E-state index in [1.54, 1.807) is 11.8 Å². The highest BCUT2D eigenvalue weighted by Gasteiger charge is 2.25. The highest BCUT2D eigenvalue weighted by atomic mass is 32.2. The first-order valence-corrected chi connectivity index (χ1v) is 8.02. The fraction of sp³-hybridized carbons (Fsp3) is 0.533. The maximum absolute atomic E-state index is 12.6. The number of hydrogen-bond acceptors (Lipinski definition) is 3. The molecule has 1 fully saturated rings. The summed E-state index contributed by atoms with van der Waals surface area (Å²) in [6.45, 7) is 1.83. The molecule has 2 rings (SSSR count). The lowest BCUT2D eigenvalue weighted by atomic mass is 9.94. The minimum atomic E-state index is 0.132. The van der Waals surface area contributed by atoms with Gasteiger partial charge < -0.3 is 10.0 Å². The van der Waals surface area contributed by atoms with Gasteiger partial charge in [0, 0.05) is 24.6 Å². The van der Waals surface area contributed by atoms with Crippen LogP contribution >= 0.6 is 11.8 Å². The van der Waals surface area contributed by atoms with Gasteiger partial charge in [-0.1, -0.05) is 12.1 Å². The van der Waals surface area contributed by atoms with Crippen LogP contribution in [0.25, 0.3) is 0 Å². The van der Waals surface area contributed by atoms with Crippen LogP contribution in [0.5, 0.6) is 0 Å². The zero-order chi connectivity index (χ0) is 13.7. The van der Waals surface area contributed by atoms with Gasteiger partial charge in [-0.25, -0.2) is 0 Å². The van der Waals surface area contributed by atoms with Crippen LogP contribution < -0.4 is 0 Å². The lowest BCUT2D eigenvalue weighted by molar-refractivity contribution is 0.0650. The van der Waals surface area contributed by atoms with Gasteiger partial charge >= 0.3 is 0 Å². The van der Waals surface area contributed by atoms with Crippen LogP contribution in [-0.2, 0) is 0 Å². The van der Waals surface area contributed by atoms with Gasteiger partial charge in [0.15, 0.2) is 0 Å². The van der Waals surface area contributed by atoms with Crippen LogP contribution in [0.2, 0.25) is 0 Å². The molecule has 1 atom stereocenters. The summed E-state index contributed by atoms with van der Waals surface area (Å²) in [4.78, 5) is 15.6. The Morgan fingerprint density at radius 1 is 1.47 bits per heavy atom. The molecule has 0 radical (unpaired) electrons. The normalized spacial score (nSPS) is 19.5. The van der Waals surface area contributed by atoms with Crippen LogP contribution in [0.15, 0.2) is 29.2 Å². The maximum atomic E-state index is 12.6. The number of thioether (sulfide) groups is 1. The SMILES string of the molecule is CSc1ccccc1C(=O)N1CCCC(CCO)C1. The molecule has 1 unspecified atom stereocenters. The summed E-state index contributed by atoms with van der Waals surface area (Å²) in [7, 11) is 0. The fourth-order valence-electron chi connectivity index (χ4n) is 2.66. The summed E-state index contributed by atoms with van der Waals surface area (Å²) in [6.07, 6.45) is 4.96. The van der Waals surface area contributed by atoms with Crippen molar-refractivity contribution in [3.8, 4) is 0 Å². The molecule has 1 amide bonds. The Balaban J connectivity index is 2.10. The molecule has 3 nitrogen and oxygen atoms in total. The van der Waals surface area contributed by atoms with Crippen molar-refractivity contribution in [2.24, 2.45) is 5.92 Å². The molecule has 0 aromatic heterocycles. The van der Waals surface area contributed by atoms with Crippen molar-refractivity contribution in [1.29, 1.82) is 0 Å². The number of aliphatic hydroxyl groups is 1. The molecular weight excluding hydrogens is 258 g/mol. The third kappa shape index (κ3) is 3.51. The molecule has 1 aromatic carbocycles. The van der Waals surface area contributed by atoms with Crippen molar-refractivity contribution in [3.63, 3.8) is 0 Å². The van der Waals surface area contributed by atoms with Crippen LogP contribution in [0.1, 0.15) is 29.6 Å². The van der Waals surface area contributed by atoms with Gasteiger partial charge in [-0.2, -0.15) is 0 Å². The maximum Gasteiger partial charge on any atom is 0.254 e. The number of aliphatic hydroxyl groups excluding tert-OH is 1. The second-order valence-electron chi connectivity index (χ2n) is 4.97. The summed E-state index contributed by atoms with van der Waals surface area (Å²) in [5.74, 6) is 0.580. The molecule has 0 saturated carbocycles. The Morgan fingerprint density at radius 2 is 2.26 bits per heavy atom. The van der Waals surface area contributed by atoms with Crippen LogP contribution in [0, 0.1) is 5.92 Å². The van der Waals surface area contributed by atoms with Crippen molar-refractivity contribution in [2.45, 2.75) is 24.2 Å². The molecule has 1 aliphatic rings. The first kappa shape index (κ1) is 14.4. The zero-order valence-corrected chi connectivity index (χ0v) is 12.2. The van der Waals surface area contributed by atoms with Crippen molar-refractivity contribution in [1.82, 2.24) is 4.90 Å². The van der Waals surface area contributed by atoms with Gasteiger partial charge in [0.05, 0.1) is 5.56 Å². The molecule has 0 spiro atoms. The number of rotatable bonds is 4. The van der Waals surface area contributed by atoms with Crippen molar-refractivity contribution >= 4 is 17.7 Å². The third-order valence-corrected chi connectivity index (χ3v) is 4.48. The molecule has 0 aliphatic carbocycles. The number of carbonyl (C=O) groups is 1. The minimum Gasteiger partial charge on any atom is -0.396 e. The van der Waals surface area contributed by atoms with Gasteiger partial charge in [-0.15, -0.1) is 11.8 Å². The average Bonchev–Trinajstić information content (AvgIpc) is 2.47. The summed E-state index contributed by atoms with van der Waals surface area (Å²) in [5.41, 5.74) is 0.805. The summed E-state index contributed by atoms with van der Waals surface area (Å²) >= 11 is 1.61. The quantitative estimate of drug-likeness (QED) is 0.861. The molecule has 104 valence electrons. The summed E-state index contributed by atoms with van der Waals surface area (Å²) in [5, 5.41) is 9.04. The van der Waals surface area contributed by atoms with E-state index in [4.69, 9.17) is 5.11 Å². The van der Waals surface area contributed by atoms with E-state index in [0.717, 1.165) is 42.8 Å². The highest BCUT2D eigenvalue weighted by Crippen LogP contribution is 2.25. The predicted octanol–water partition coefficient (Wildman–Crippen LogP) is 2.64. The van der Waals surface area contributed by atoms with Crippen molar-refractivity contribution < 1.29 is 9.90 Å². The summed E-state index contributed by atoms with van der Waals surface area (Å²) < 4.78 is 0. The van der Waals surface area contributed by atoms with Gasteiger partial charge in [0.2, 0.25) is 0 Å². The van der Waals surface area contributed by atoms with E-state index in [1.165, 1.54) is 0 Å². The van der Waals surface area contributed by atoms with Crippen molar-refractivity contribution in [3.05, 3.63) is 29.8 Å². The Kier molecular flexibility index (Phi) is 5.28. The van der Waals surface area contributed by atoms with E-state index in [1.807, 2.05) is 35.4 Å². The number of carbonyl (C=O) groups excluding carboxylic acids is 1. The molecule has 19 heavy (non-hydrogen) atoms. The van der Waals surface area contributed by atoms with Gasteiger partial charge in [-0.05, 0) is 43.6 Å². The molecule has 1 saturated heterocycles. The number of nitrogens with zero attached hydrogens (tertiary/aromatic N) is 1. The number of benzene rings is 1. The number of piperidine rings is 1. The van der Waals surface area contributed by atoms with Gasteiger partial charge in [0.1, 0.15) is 0 Å². The molecular formula is C15H21NO2S. The first-order chi connectivity index (χ1) is 9.26. The van der Waals surface area contributed by atoms with Gasteiger partial charge in [-0.3, -0.25) is 4.79 Å². The zero-order valence-electron chi connectivity index (χ0n) is 11.3. The average molecular weight is 279 g/mol. The second-order valence-corrected chi connectivity index (χ2v) is 5.82. The smallest absolute Gasteiger partial charge is 0.254 e. The Bertz CT molecular complexity index is 434. The predicted molar refractivity (Wildman–Crippen MR) is 78.6 cm³/mol. The number of amides is 1. The largest absolute Gasteiger partial charge is 0.396 e. The van der Waals surface area contributed by atoms with Crippen LogP contribution in [-0.4, -0.2) is 41.9 Å². The molecule has 4 heteroatoms. The lowest BCUT2D eigenvalue weighted by Gasteiger charge is -2.33. The first-order valence-electron chi connectivity index (χ1n) is 6.79. The van der Waals surface area contributed by atoms with E-state index >= 15 is 0 Å². The summed E-state index contributed by atoms with van der Waals surface area (Å²) in [6, 6.07) is 7.78. The fourth-order valence-corrected chi connectivity index (χ4v) is 3.25. The topological polar surface area (TPSA) is 40.5 Å². The van der Waals surface area contributed by atoms with Gasteiger partial charge in [0.25, 0.3) is 5.91 Å². The molecule has 1 aliphatic heterocycles. The van der Waals surface area contributed by atoms with Crippen LogP contribution in [0.3, 0.4) is 0 Å². The molecule has 1 heterocycles. The number of hydrogen-bond donors (Lipinski definition) is 1. The Labute approximate surface area is 119 Å². The van der Waals surface area contributed by atoms with E-state index in [-0.39, 0.29) is 12.5 Å². The Morgan fingerprint density at radius 3 is 3.00 bits per heavy atom. The molecule has 0 bridgehead atoms. The molecule has 1 aromatic rings. The standard InChI is InChI=1S/C15H21NO2S/c1-19-14-7-3-2-6-13(14)15(18)16-9-4-5-12(11-16)8-10-17/h2-3,6-7,12,17H,4-5,8-11H2,1H3. The van der Waals surface area contributed by atoms with Crippen LogP contribution in [0.4, 0.5) is 0 Å². The minimum absolute atomic E-state index is 0.132. The van der Waals surface area contributed by atoms with E-state index in [0.29, 0.717) is 5.92 Å². The Hall–Kier alpha value is -1.00. The van der Waals surface area contributed by atoms with E-state index in [2.05, 4.69) is 0 Å².